The number of carbonyl (C=O) groups excluding carboxylic acids is 1. The first-order valence-electron chi connectivity index (χ1n) is 10.9. The van der Waals surface area contributed by atoms with E-state index in [4.69, 9.17) is 0 Å². The topological polar surface area (TPSA) is 26.8 Å². The van der Waals surface area contributed by atoms with Crippen LogP contribution in [0.4, 0.5) is 10.1 Å². The maximum absolute atomic E-state index is 13.1. The fraction of sp³-hybridized carbons (Fsp3) is 0.400. The summed E-state index contributed by atoms with van der Waals surface area (Å²) in [6, 6.07) is 17.0. The number of amides is 1. The zero-order valence-electron chi connectivity index (χ0n) is 17.4. The molecule has 2 aliphatic heterocycles. The molecule has 0 saturated carbocycles. The van der Waals surface area contributed by atoms with Crippen molar-refractivity contribution in [3.63, 3.8) is 0 Å². The first-order chi connectivity index (χ1) is 14.7. The number of hydrogen-bond donors (Lipinski definition) is 0. The van der Waals surface area contributed by atoms with Crippen molar-refractivity contribution in [2.24, 2.45) is 5.92 Å². The summed E-state index contributed by atoms with van der Waals surface area (Å²) in [5.74, 6) is 0.249. The van der Waals surface area contributed by atoms with Gasteiger partial charge in [-0.25, -0.2) is 4.39 Å². The average molecular weight is 408 g/mol. The molecule has 158 valence electrons. The molecule has 2 fully saturated rings. The van der Waals surface area contributed by atoms with Gasteiger partial charge in [-0.1, -0.05) is 42.5 Å². The predicted molar refractivity (Wildman–Crippen MR) is 120 cm³/mol. The van der Waals surface area contributed by atoms with Gasteiger partial charge in [0.2, 0.25) is 5.91 Å². The quantitative estimate of drug-likeness (QED) is 0.752. The van der Waals surface area contributed by atoms with Crippen LogP contribution in [0.5, 0.6) is 0 Å². The van der Waals surface area contributed by atoms with Crippen molar-refractivity contribution >= 4 is 17.7 Å². The lowest BCUT2D eigenvalue weighted by atomic mass is 9.95. The Morgan fingerprint density at radius 1 is 0.900 bits per heavy atom. The van der Waals surface area contributed by atoms with Gasteiger partial charge in [0.05, 0.1) is 0 Å². The molecule has 0 aromatic heterocycles. The highest BCUT2D eigenvalue weighted by Gasteiger charge is 2.30. The summed E-state index contributed by atoms with van der Waals surface area (Å²) in [4.78, 5) is 19.6. The van der Waals surface area contributed by atoms with E-state index in [0.29, 0.717) is 5.91 Å². The molecule has 2 aromatic rings. The number of benzene rings is 2. The van der Waals surface area contributed by atoms with Gasteiger partial charge < -0.3 is 9.80 Å². The summed E-state index contributed by atoms with van der Waals surface area (Å²) in [5.41, 5.74) is 2.25. The smallest absolute Gasteiger partial charge is 0.225 e. The summed E-state index contributed by atoms with van der Waals surface area (Å²) in [6.45, 7) is 6.00. The van der Waals surface area contributed by atoms with Crippen molar-refractivity contribution in [3.05, 3.63) is 72.1 Å². The fourth-order valence-corrected chi connectivity index (χ4v) is 4.36. The summed E-state index contributed by atoms with van der Waals surface area (Å²) in [7, 11) is 0. The minimum absolute atomic E-state index is 0.150. The van der Waals surface area contributed by atoms with E-state index in [1.165, 1.54) is 17.7 Å². The lowest BCUT2D eigenvalue weighted by molar-refractivity contribution is -0.137. The average Bonchev–Trinajstić information content (AvgIpc) is 2.80. The van der Waals surface area contributed by atoms with Gasteiger partial charge in [-0.3, -0.25) is 9.69 Å². The molecule has 0 aliphatic carbocycles. The summed E-state index contributed by atoms with van der Waals surface area (Å²) >= 11 is 0. The minimum atomic E-state index is -0.213. The second-order valence-electron chi connectivity index (χ2n) is 8.18. The molecule has 0 radical (unpaired) electrons. The van der Waals surface area contributed by atoms with E-state index >= 15 is 0 Å². The van der Waals surface area contributed by atoms with Crippen LogP contribution in [0, 0.1) is 11.7 Å². The van der Waals surface area contributed by atoms with Gasteiger partial charge in [-0.15, -0.1) is 0 Å². The van der Waals surface area contributed by atoms with Crippen LogP contribution >= 0.6 is 0 Å². The van der Waals surface area contributed by atoms with E-state index in [0.717, 1.165) is 64.3 Å². The van der Waals surface area contributed by atoms with Crippen molar-refractivity contribution in [1.29, 1.82) is 0 Å². The molecule has 2 aliphatic rings. The standard InChI is InChI=1S/C25H30FN3O/c26-23-8-10-24(11-9-23)28-17-19-29(20-18-28)25(30)22-12-15-27(16-13-22)14-4-7-21-5-2-1-3-6-21/h1-11,22H,12-20H2. The van der Waals surface area contributed by atoms with Crippen LogP contribution in [-0.2, 0) is 4.79 Å². The lowest BCUT2D eigenvalue weighted by Crippen LogP contribution is -2.51. The number of piperidine rings is 1. The molecular formula is C25H30FN3O. The first-order valence-corrected chi connectivity index (χ1v) is 10.9. The molecule has 0 spiro atoms. The minimum Gasteiger partial charge on any atom is -0.368 e. The molecule has 0 N–H and O–H groups in total. The van der Waals surface area contributed by atoms with Gasteiger partial charge in [-0.05, 0) is 55.8 Å². The lowest BCUT2D eigenvalue weighted by Gasteiger charge is -2.39. The molecule has 0 atom stereocenters. The number of rotatable bonds is 5. The number of piperazine rings is 1. The van der Waals surface area contributed by atoms with Crippen molar-refractivity contribution in [2.45, 2.75) is 12.8 Å². The molecule has 2 aromatic carbocycles. The van der Waals surface area contributed by atoms with E-state index in [1.807, 2.05) is 23.1 Å². The monoisotopic (exact) mass is 407 g/mol. The molecule has 2 saturated heterocycles. The number of carbonyl (C=O) groups is 1. The predicted octanol–water partition coefficient (Wildman–Crippen LogP) is 3.90. The van der Waals surface area contributed by atoms with Gasteiger partial charge in [0.25, 0.3) is 0 Å². The molecule has 0 unspecified atom stereocenters. The van der Waals surface area contributed by atoms with E-state index in [2.05, 4.69) is 46.2 Å². The Morgan fingerprint density at radius 2 is 1.57 bits per heavy atom. The number of likely N-dealkylation sites (tertiary alicyclic amines) is 1. The Labute approximate surface area is 178 Å². The van der Waals surface area contributed by atoms with E-state index < -0.39 is 0 Å². The zero-order valence-corrected chi connectivity index (χ0v) is 17.4. The van der Waals surface area contributed by atoms with Crippen molar-refractivity contribution in [3.8, 4) is 0 Å². The molecule has 4 rings (SSSR count). The highest BCUT2D eigenvalue weighted by atomic mass is 19.1. The van der Waals surface area contributed by atoms with Crippen LogP contribution < -0.4 is 4.90 Å². The molecule has 2 heterocycles. The molecule has 5 heteroatoms. The van der Waals surface area contributed by atoms with E-state index in [9.17, 15) is 9.18 Å². The van der Waals surface area contributed by atoms with Gasteiger partial charge in [-0.2, -0.15) is 0 Å². The number of hydrogen-bond acceptors (Lipinski definition) is 3. The van der Waals surface area contributed by atoms with Crippen molar-refractivity contribution < 1.29 is 9.18 Å². The summed E-state index contributed by atoms with van der Waals surface area (Å²) < 4.78 is 13.1. The van der Waals surface area contributed by atoms with Gasteiger partial charge in [0.1, 0.15) is 5.82 Å². The van der Waals surface area contributed by atoms with Crippen molar-refractivity contribution in [1.82, 2.24) is 9.80 Å². The molecule has 30 heavy (non-hydrogen) atoms. The van der Waals surface area contributed by atoms with Crippen molar-refractivity contribution in [2.75, 3.05) is 50.7 Å². The molecule has 1 amide bonds. The normalized spacial score (nSPS) is 18.8. The van der Waals surface area contributed by atoms with Crippen LogP contribution in [0.15, 0.2) is 60.7 Å². The summed E-state index contributed by atoms with van der Waals surface area (Å²) in [5, 5.41) is 0. The number of nitrogens with zero attached hydrogens (tertiary/aromatic N) is 3. The Morgan fingerprint density at radius 3 is 2.23 bits per heavy atom. The second-order valence-corrected chi connectivity index (χ2v) is 8.18. The van der Waals surface area contributed by atoms with Crippen LogP contribution in [0.25, 0.3) is 6.08 Å². The molecular weight excluding hydrogens is 377 g/mol. The van der Waals surface area contributed by atoms with E-state index in [1.54, 1.807) is 0 Å². The SMILES string of the molecule is O=C(C1CCN(CC=Cc2ccccc2)CC1)N1CCN(c2ccc(F)cc2)CC1. The fourth-order valence-electron chi connectivity index (χ4n) is 4.36. The Balaban J connectivity index is 1.20. The molecule has 4 nitrogen and oxygen atoms in total. The highest BCUT2D eigenvalue weighted by molar-refractivity contribution is 5.79. The third-order valence-electron chi connectivity index (χ3n) is 6.19. The van der Waals surface area contributed by atoms with Gasteiger partial charge >= 0.3 is 0 Å². The Kier molecular flexibility index (Phi) is 6.80. The number of halogens is 1. The van der Waals surface area contributed by atoms with E-state index in [-0.39, 0.29) is 11.7 Å². The Bertz CT molecular complexity index is 836. The largest absolute Gasteiger partial charge is 0.368 e. The van der Waals surface area contributed by atoms with Crippen LogP contribution in [0.2, 0.25) is 0 Å². The highest BCUT2D eigenvalue weighted by Crippen LogP contribution is 2.22. The van der Waals surface area contributed by atoms with Crippen LogP contribution in [0.3, 0.4) is 0 Å². The van der Waals surface area contributed by atoms with Crippen LogP contribution in [0.1, 0.15) is 18.4 Å². The third kappa shape index (κ3) is 5.28. The maximum Gasteiger partial charge on any atom is 0.225 e. The number of anilines is 1. The second kappa shape index (κ2) is 9.90. The Hall–Kier alpha value is -2.66. The van der Waals surface area contributed by atoms with Gasteiger partial charge in [0, 0.05) is 44.3 Å². The first kappa shape index (κ1) is 20.6. The van der Waals surface area contributed by atoms with Gasteiger partial charge in [0.15, 0.2) is 0 Å². The zero-order chi connectivity index (χ0) is 20.8. The third-order valence-corrected chi connectivity index (χ3v) is 6.19. The molecule has 0 bridgehead atoms. The summed E-state index contributed by atoms with van der Waals surface area (Å²) in [6.07, 6.45) is 6.26. The maximum atomic E-state index is 13.1. The van der Waals surface area contributed by atoms with Crippen LogP contribution in [-0.4, -0.2) is 61.5 Å².